The van der Waals surface area contributed by atoms with E-state index in [0.717, 1.165) is 5.75 Å². The number of methoxy groups -OCH3 is 1. The molecule has 6 heteroatoms. The fraction of sp³-hybridized carbons (Fsp3) is 0.200. The van der Waals surface area contributed by atoms with Crippen LogP contribution in [0.25, 0.3) is 0 Å². The van der Waals surface area contributed by atoms with Crippen molar-refractivity contribution in [3.63, 3.8) is 0 Å². The summed E-state index contributed by atoms with van der Waals surface area (Å²) < 4.78 is 15.8. The predicted octanol–water partition coefficient (Wildman–Crippen LogP) is 3.06. The second-order valence-electron chi connectivity index (χ2n) is 4.10. The van der Waals surface area contributed by atoms with Crippen molar-refractivity contribution in [3.05, 3.63) is 58.6 Å². The number of nitro benzene ring substituents is 1. The molecule has 6 nitrogen and oxygen atoms in total. The number of rotatable bonds is 7. The third-order valence-electron chi connectivity index (χ3n) is 2.72. The van der Waals surface area contributed by atoms with Gasteiger partial charge in [-0.3, -0.25) is 10.1 Å². The van der Waals surface area contributed by atoms with Gasteiger partial charge in [0.1, 0.15) is 24.7 Å². The summed E-state index contributed by atoms with van der Waals surface area (Å²) in [7, 11) is 1.45. The van der Waals surface area contributed by atoms with Crippen LogP contribution >= 0.6 is 0 Å². The van der Waals surface area contributed by atoms with Crippen molar-refractivity contribution in [3.8, 4) is 17.2 Å². The maximum absolute atomic E-state index is 11.0. The van der Waals surface area contributed by atoms with Gasteiger partial charge < -0.3 is 14.2 Å². The summed E-state index contributed by atoms with van der Waals surface area (Å²) in [6.07, 6.45) is 0. The van der Waals surface area contributed by atoms with Gasteiger partial charge >= 0.3 is 5.69 Å². The zero-order valence-electron chi connectivity index (χ0n) is 11.5. The van der Waals surface area contributed by atoms with Crippen molar-refractivity contribution in [1.82, 2.24) is 0 Å². The summed E-state index contributed by atoms with van der Waals surface area (Å²) in [5.41, 5.74) is -0.130. The van der Waals surface area contributed by atoms with Gasteiger partial charge in [-0.15, -0.1) is 0 Å². The number of hydrogen-bond donors (Lipinski definition) is 0. The largest absolute Gasteiger partial charge is 0.496 e. The smallest absolute Gasteiger partial charge is 0.314 e. The van der Waals surface area contributed by atoms with E-state index in [0.29, 0.717) is 12.4 Å². The number of nitrogens with zero attached hydrogens (tertiary/aromatic N) is 1. The average Bonchev–Trinajstić information content (AvgIpc) is 2.52. The first-order valence-corrected chi connectivity index (χ1v) is 6.34. The summed E-state index contributed by atoms with van der Waals surface area (Å²) in [4.78, 5) is 10.5. The third-order valence-corrected chi connectivity index (χ3v) is 2.72. The molecule has 0 aliphatic rings. The molecule has 0 bridgehead atoms. The second kappa shape index (κ2) is 7.14. The Morgan fingerprint density at radius 1 is 1.00 bits per heavy atom. The lowest BCUT2D eigenvalue weighted by Gasteiger charge is -2.09. The van der Waals surface area contributed by atoms with E-state index in [1.54, 1.807) is 6.07 Å². The van der Waals surface area contributed by atoms with E-state index in [1.807, 2.05) is 30.3 Å². The van der Waals surface area contributed by atoms with Crippen LogP contribution in [0.2, 0.25) is 0 Å². The second-order valence-corrected chi connectivity index (χ2v) is 4.10. The van der Waals surface area contributed by atoms with Crippen molar-refractivity contribution in [2.75, 3.05) is 20.3 Å². The zero-order valence-corrected chi connectivity index (χ0v) is 11.5. The number of benzene rings is 2. The summed E-state index contributed by atoms with van der Waals surface area (Å²) in [5, 5.41) is 11.0. The normalized spacial score (nSPS) is 9.95. The van der Waals surface area contributed by atoms with Crippen molar-refractivity contribution in [2.45, 2.75) is 0 Å². The van der Waals surface area contributed by atoms with Crippen molar-refractivity contribution in [2.24, 2.45) is 0 Å². The molecule has 0 unspecified atom stereocenters. The maximum atomic E-state index is 11.0. The van der Waals surface area contributed by atoms with Gasteiger partial charge in [-0.25, -0.2) is 0 Å². The summed E-state index contributed by atoms with van der Waals surface area (Å²) in [5.74, 6) is 1.33. The van der Waals surface area contributed by atoms with Gasteiger partial charge in [-0.2, -0.15) is 0 Å². The molecule has 0 amide bonds. The maximum Gasteiger partial charge on any atom is 0.314 e. The fourth-order valence-corrected chi connectivity index (χ4v) is 1.72. The molecule has 0 N–H and O–H groups in total. The average molecular weight is 289 g/mol. The predicted molar refractivity (Wildman–Crippen MR) is 77.1 cm³/mol. The van der Waals surface area contributed by atoms with Crippen LogP contribution in [-0.4, -0.2) is 25.2 Å². The molecule has 2 rings (SSSR count). The molecule has 0 spiro atoms. The first-order valence-electron chi connectivity index (χ1n) is 6.34. The monoisotopic (exact) mass is 289 g/mol. The minimum atomic E-state index is -0.504. The van der Waals surface area contributed by atoms with Crippen molar-refractivity contribution in [1.29, 1.82) is 0 Å². The Morgan fingerprint density at radius 3 is 2.38 bits per heavy atom. The van der Waals surface area contributed by atoms with Gasteiger partial charge in [0, 0.05) is 0 Å². The van der Waals surface area contributed by atoms with E-state index in [1.165, 1.54) is 19.2 Å². The molecular formula is C15H15NO5. The molecule has 0 saturated carbocycles. The molecule has 0 radical (unpaired) electrons. The van der Waals surface area contributed by atoms with Crippen LogP contribution in [0.4, 0.5) is 5.69 Å². The Labute approximate surface area is 122 Å². The van der Waals surface area contributed by atoms with E-state index in [4.69, 9.17) is 14.2 Å². The van der Waals surface area contributed by atoms with Crippen LogP contribution in [-0.2, 0) is 0 Å². The highest BCUT2D eigenvalue weighted by Gasteiger charge is 2.16. The van der Waals surface area contributed by atoms with E-state index in [9.17, 15) is 10.1 Å². The van der Waals surface area contributed by atoms with Gasteiger partial charge in [0.2, 0.25) is 0 Å². The van der Waals surface area contributed by atoms with Gasteiger partial charge in [0.25, 0.3) is 0 Å². The summed E-state index contributed by atoms with van der Waals surface area (Å²) in [6, 6.07) is 13.7. The molecule has 21 heavy (non-hydrogen) atoms. The number of para-hydroxylation sites is 1. The van der Waals surface area contributed by atoms with Crippen molar-refractivity contribution >= 4 is 5.69 Å². The van der Waals surface area contributed by atoms with Crippen LogP contribution in [0, 0.1) is 10.1 Å². The quantitative estimate of drug-likeness (QED) is 0.445. The molecule has 0 heterocycles. The number of hydrogen-bond acceptors (Lipinski definition) is 5. The highest BCUT2D eigenvalue weighted by molar-refractivity contribution is 5.50. The Morgan fingerprint density at radius 2 is 1.71 bits per heavy atom. The van der Waals surface area contributed by atoms with Crippen LogP contribution < -0.4 is 14.2 Å². The molecule has 0 saturated heterocycles. The topological polar surface area (TPSA) is 70.8 Å². The lowest BCUT2D eigenvalue weighted by atomic mass is 10.3. The SMILES string of the molecule is COc1ccc(OCCOc2ccccc2)c([N+](=O)[O-])c1. The van der Waals surface area contributed by atoms with Crippen molar-refractivity contribution < 1.29 is 19.1 Å². The molecule has 0 aromatic heterocycles. The standard InChI is InChI=1S/C15H15NO5/c1-19-13-7-8-15(14(11-13)16(17)18)21-10-9-20-12-5-3-2-4-6-12/h2-8,11H,9-10H2,1H3. The Balaban J connectivity index is 1.92. The van der Waals surface area contributed by atoms with E-state index >= 15 is 0 Å². The number of ether oxygens (including phenoxy) is 3. The van der Waals surface area contributed by atoms with Crippen LogP contribution in [0.1, 0.15) is 0 Å². The van der Waals surface area contributed by atoms with E-state index < -0.39 is 4.92 Å². The van der Waals surface area contributed by atoms with Gasteiger partial charge in [-0.05, 0) is 24.3 Å². The third kappa shape index (κ3) is 4.10. The van der Waals surface area contributed by atoms with Crippen LogP contribution in [0.15, 0.2) is 48.5 Å². The molecule has 0 aliphatic heterocycles. The first kappa shape index (κ1) is 14.6. The Bertz CT molecular complexity index is 600. The van der Waals surface area contributed by atoms with Gasteiger partial charge in [0.15, 0.2) is 5.75 Å². The molecule has 0 aliphatic carbocycles. The van der Waals surface area contributed by atoms with Crippen LogP contribution in [0.5, 0.6) is 17.2 Å². The minimum absolute atomic E-state index is 0.130. The summed E-state index contributed by atoms with van der Waals surface area (Å²) in [6.45, 7) is 0.509. The first-order chi connectivity index (χ1) is 10.2. The lowest BCUT2D eigenvalue weighted by molar-refractivity contribution is -0.385. The Kier molecular flexibility index (Phi) is 4.98. The van der Waals surface area contributed by atoms with E-state index in [2.05, 4.69) is 0 Å². The lowest BCUT2D eigenvalue weighted by Crippen LogP contribution is -2.09. The van der Waals surface area contributed by atoms with Gasteiger partial charge in [0.05, 0.1) is 18.1 Å². The zero-order chi connectivity index (χ0) is 15.1. The highest BCUT2D eigenvalue weighted by Crippen LogP contribution is 2.30. The van der Waals surface area contributed by atoms with E-state index in [-0.39, 0.29) is 18.0 Å². The molecule has 0 atom stereocenters. The Hall–Kier alpha value is -2.76. The molecule has 0 fully saturated rings. The molecule has 2 aromatic rings. The molecule has 110 valence electrons. The van der Waals surface area contributed by atoms with Crippen LogP contribution in [0.3, 0.4) is 0 Å². The summed E-state index contributed by atoms with van der Waals surface area (Å²) >= 11 is 0. The number of nitro groups is 1. The molecular weight excluding hydrogens is 274 g/mol. The molecule has 2 aromatic carbocycles. The highest BCUT2D eigenvalue weighted by atomic mass is 16.6. The van der Waals surface area contributed by atoms with Gasteiger partial charge in [-0.1, -0.05) is 18.2 Å². The minimum Gasteiger partial charge on any atom is -0.496 e. The fourth-order valence-electron chi connectivity index (χ4n) is 1.72.